The lowest BCUT2D eigenvalue weighted by Gasteiger charge is -2.36. The predicted molar refractivity (Wildman–Crippen MR) is 123 cm³/mol. The van der Waals surface area contributed by atoms with E-state index in [9.17, 15) is 9.18 Å². The molecule has 6 heteroatoms. The molecule has 32 heavy (non-hydrogen) atoms. The number of rotatable bonds is 8. The molecule has 1 N–H and O–H groups in total. The van der Waals surface area contributed by atoms with Crippen molar-refractivity contribution in [1.29, 1.82) is 0 Å². The van der Waals surface area contributed by atoms with Crippen LogP contribution in [0.5, 0.6) is 5.75 Å². The van der Waals surface area contributed by atoms with E-state index in [-0.39, 0.29) is 11.7 Å². The fourth-order valence-corrected chi connectivity index (χ4v) is 4.96. The molecule has 4 rings (SSSR count). The van der Waals surface area contributed by atoms with Gasteiger partial charge in [-0.15, -0.1) is 0 Å². The first-order valence-corrected chi connectivity index (χ1v) is 11.6. The summed E-state index contributed by atoms with van der Waals surface area (Å²) in [6.07, 6.45) is 4.43. The largest absolute Gasteiger partial charge is 0.496 e. The number of nitrogens with one attached hydrogen (secondary N) is 1. The molecule has 2 saturated heterocycles. The van der Waals surface area contributed by atoms with E-state index < -0.39 is 5.41 Å². The molecule has 0 radical (unpaired) electrons. The highest BCUT2D eigenvalue weighted by molar-refractivity contribution is 5.84. The molecule has 0 bridgehead atoms. The lowest BCUT2D eigenvalue weighted by atomic mass is 9.73. The van der Waals surface area contributed by atoms with Gasteiger partial charge in [0.05, 0.1) is 12.5 Å². The van der Waals surface area contributed by atoms with Gasteiger partial charge in [-0.25, -0.2) is 4.39 Å². The zero-order valence-electron chi connectivity index (χ0n) is 18.9. The maximum Gasteiger partial charge on any atom is 0.226 e. The van der Waals surface area contributed by atoms with Crippen molar-refractivity contribution in [2.24, 2.45) is 5.41 Å². The van der Waals surface area contributed by atoms with Crippen molar-refractivity contribution in [1.82, 2.24) is 10.2 Å². The highest BCUT2D eigenvalue weighted by atomic mass is 19.1. The first-order chi connectivity index (χ1) is 15.6. The fourth-order valence-electron chi connectivity index (χ4n) is 4.96. The topological polar surface area (TPSA) is 50.8 Å². The summed E-state index contributed by atoms with van der Waals surface area (Å²) in [5.74, 6) is 0.409. The number of nitrogens with zero attached hydrogens (tertiary/aromatic N) is 1. The lowest BCUT2D eigenvalue weighted by Crippen LogP contribution is -2.47. The molecule has 1 amide bonds. The van der Waals surface area contributed by atoms with Crippen LogP contribution in [0.3, 0.4) is 0 Å². The molecule has 0 unspecified atom stereocenters. The van der Waals surface area contributed by atoms with Crippen molar-refractivity contribution in [3.05, 3.63) is 53.8 Å². The van der Waals surface area contributed by atoms with Gasteiger partial charge in [0.25, 0.3) is 0 Å². The van der Waals surface area contributed by atoms with Gasteiger partial charge in [-0.1, -0.05) is 24.3 Å². The minimum atomic E-state index is -0.528. The molecule has 2 aliphatic heterocycles. The van der Waals surface area contributed by atoms with Crippen molar-refractivity contribution in [2.45, 2.75) is 32.1 Å². The number of benzene rings is 2. The van der Waals surface area contributed by atoms with Crippen LogP contribution < -0.4 is 10.1 Å². The zero-order valence-corrected chi connectivity index (χ0v) is 18.9. The summed E-state index contributed by atoms with van der Waals surface area (Å²) in [6.45, 7) is 4.96. The number of ether oxygens (including phenoxy) is 2. The number of likely N-dealkylation sites (tertiary alicyclic amines) is 1. The van der Waals surface area contributed by atoms with Crippen molar-refractivity contribution >= 4 is 5.91 Å². The Balaban J connectivity index is 1.57. The van der Waals surface area contributed by atoms with E-state index in [1.165, 1.54) is 25.0 Å². The molecule has 2 fully saturated rings. The Kier molecular flexibility index (Phi) is 7.43. The van der Waals surface area contributed by atoms with E-state index >= 15 is 0 Å². The van der Waals surface area contributed by atoms with Gasteiger partial charge in [-0.3, -0.25) is 4.79 Å². The average Bonchev–Trinajstić information content (AvgIpc) is 3.33. The van der Waals surface area contributed by atoms with E-state index in [1.807, 2.05) is 24.3 Å². The van der Waals surface area contributed by atoms with Gasteiger partial charge < -0.3 is 19.7 Å². The maximum absolute atomic E-state index is 14.1. The highest BCUT2D eigenvalue weighted by Gasteiger charge is 2.40. The molecular weight excluding hydrogens is 407 g/mol. The third-order valence-electron chi connectivity index (χ3n) is 6.84. The van der Waals surface area contributed by atoms with E-state index in [2.05, 4.69) is 10.2 Å². The summed E-state index contributed by atoms with van der Waals surface area (Å²) in [7, 11) is 1.59. The number of amides is 1. The molecule has 0 saturated carbocycles. The molecule has 2 aliphatic rings. The molecule has 0 atom stereocenters. The standard InChI is InChI=1S/C26H33FN2O3/c1-31-24-9-8-21(27)18-23(24)22-7-3-2-6-20(22)19-26(10-16-32-17-11-26)25(30)28-12-15-29-13-4-5-14-29/h2-3,6-9,18H,4-5,10-17,19H2,1H3,(H,28,30). The Morgan fingerprint density at radius 2 is 1.88 bits per heavy atom. The Morgan fingerprint density at radius 3 is 2.62 bits per heavy atom. The second-order valence-electron chi connectivity index (χ2n) is 8.88. The fraction of sp³-hybridized carbons (Fsp3) is 0.500. The molecule has 2 aromatic carbocycles. The third-order valence-corrected chi connectivity index (χ3v) is 6.84. The number of halogens is 1. The third kappa shape index (κ3) is 5.13. The van der Waals surface area contributed by atoms with Crippen LogP contribution >= 0.6 is 0 Å². The van der Waals surface area contributed by atoms with E-state index in [1.54, 1.807) is 13.2 Å². The van der Waals surface area contributed by atoms with Gasteiger partial charge in [0.1, 0.15) is 11.6 Å². The number of hydrogen-bond acceptors (Lipinski definition) is 4. The van der Waals surface area contributed by atoms with Crippen LogP contribution in [0, 0.1) is 11.2 Å². The summed E-state index contributed by atoms with van der Waals surface area (Å²) in [5.41, 5.74) is 2.10. The van der Waals surface area contributed by atoms with Crippen LogP contribution in [0.25, 0.3) is 11.1 Å². The van der Waals surface area contributed by atoms with Crippen LogP contribution in [0.4, 0.5) is 4.39 Å². The number of carbonyl (C=O) groups excluding carboxylic acids is 1. The quantitative estimate of drug-likeness (QED) is 0.673. The van der Waals surface area contributed by atoms with Gasteiger partial charge in [0.15, 0.2) is 0 Å². The Hall–Kier alpha value is -2.44. The van der Waals surface area contributed by atoms with Gasteiger partial charge in [-0.2, -0.15) is 0 Å². The zero-order chi connectivity index (χ0) is 22.4. The summed E-state index contributed by atoms with van der Waals surface area (Å²) in [6, 6.07) is 12.5. The molecule has 0 aromatic heterocycles. The normalized spacial score (nSPS) is 18.4. The molecule has 5 nitrogen and oxygen atoms in total. The predicted octanol–water partition coefficient (Wildman–Crippen LogP) is 4.05. The maximum atomic E-state index is 14.1. The van der Waals surface area contributed by atoms with E-state index in [4.69, 9.17) is 9.47 Å². The summed E-state index contributed by atoms with van der Waals surface area (Å²) in [5, 5.41) is 3.21. The summed E-state index contributed by atoms with van der Waals surface area (Å²) >= 11 is 0. The van der Waals surface area contributed by atoms with Gasteiger partial charge in [-0.05, 0) is 74.5 Å². The van der Waals surface area contributed by atoms with Gasteiger partial charge >= 0.3 is 0 Å². The Morgan fingerprint density at radius 1 is 1.12 bits per heavy atom. The van der Waals surface area contributed by atoms with Gasteiger partial charge in [0.2, 0.25) is 5.91 Å². The second-order valence-corrected chi connectivity index (χ2v) is 8.88. The first kappa shape index (κ1) is 22.7. The van der Waals surface area contributed by atoms with E-state index in [0.29, 0.717) is 50.3 Å². The minimum Gasteiger partial charge on any atom is -0.496 e. The van der Waals surface area contributed by atoms with Crippen LogP contribution in [0.2, 0.25) is 0 Å². The van der Waals surface area contributed by atoms with Crippen LogP contribution in [-0.4, -0.2) is 57.3 Å². The van der Waals surface area contributed by atoms with Crippen molar-refractivity contribution in [3.8, 4) is 16.9 Å². The smallest absolute Gasteiger partial charge is 0.226 e. The SMILES string of the molecule is COc1ccc(F)cc1-c1ccccc1CC1(C(=O)NCCN2CCCC2)CCOCC1. The van der Waals surface area contributed by atoms with Crippen molar-refractivity contribution in [2.75, 3.05) is 46.5 Å². The summed E-state index contributed by atoms with van der Waals surface area (Å²) < 4.78 is 25.2. The number of carbonyl (C=O) groups is 1. The monoisotopic (exact) mass is 440 g/mol. The lowest BCUT2D eigenvalue weighted by molar-refractivity contribution is -0.136. The molecule has 0 aliphatic carbocycles. The number of methoxy groups -OCH3 is 1. The molecule has 2 aromatic rings. The molecule has 172 valence electrons. The highest BCUT2D eigenvalue weighted by Crippen LogP contribution is 2.39. The van der Waals surface area contributed by atoms with Crippen LogP contribution in [0.1, 0.15) is 31.2 Å². The number of hydrogen-bond donors (Lipinski definition) is 1. The van der Waals surface area contributed by atoms with Crippen LogP contribution in [-0.2, 0) is 16.0 Å². The van der Waals surface area contributed by atoms with Crippen molar-refractivity contribution in [3.63, 3.8) is 0 Å². The van der Waals surface area contributed by atoms with Crippen molar-refractivity contribution < 1.29 is 18.7 Å². The molecule has 0 spiro atoms. The summed E-state index contributed by atoms with van der Waals surface area (Å²) in [4.78, 5) is 15.9. The van der Waals surface area contributed by atoms with Gasteiger partial charge in [0, 0.05) is 31.9 Å². The second kappa shape index (κ2) is 10.5. The Bertz CT molecular complexity index is 921. The molecular formula is C26H33FN2O3. The minimum absolute atomic E-state index is 0.0982. The molecule has 2 heterocycles. The average molecular weight is 441 g/mol. The first-order valence-electron chi connectivity index (χ1n) is 11.6. The van der Waals surface area contributed by atoms with Crippen LogP contribution in [0.15, 0.2) is 42.5 Å². The Labute approximate surface area is 189 Å². The van der Waals surface area contributed by atoms with E-state index in [0.717, 1.165) is 30.8 Å².